The first-order valence-corrected chi connectivity index (χ1v) is 10.1. The van der Waals surface area contributed by atoms with Gasteiger partial charge in [-0.15, -0.1) is 11.3 Å². The van der Waals surface area contributed by atoms with Gasteiger partial charge in [0, 0.05) is 29.2 Å². The van der Waals surface area contributed by atoms with E-state index in [4.69, 9.17) is 11.6 Å². The molecule has 0 spiro atoms. The summed E-state index contributed by atoms with van der Waals surface area (Å²) in [5.74, 6) is 0. The minimum Gasteiger partial charge on any atom is -0.336 e. The first kappa shape index (κ1) is 18.8. The SMILES string of the molecule is O=C(NCCNC(=O)NC1CCCCC1)Nc1sc2ccccc2c1Cl. The second-order valence-electron chi connectivity index (χ2n) is 6.36. The molecule has 1 heterocycles. The molecule has 140 valence electrons. The molecule has 0 aliphatic heterocycles. The molecule has 0 radical (unpaired) electrons. The molecule has 3 rings (SSSR count). The molecule has 6 nitrogen and oxygen atoms in total. The van der Waals surface area contributed by atoms with Gasteiger partial charge >= 0.3 is 12.1 Å². The number of nitrogens with one attached hydrogen (secondary N) is 4. The number of thiophene rings is 1. The van der Waals surface area contributed by atoms with Gasteiger partial charge in [0.2, 0.25) is 0 Å². The maximum Gasteiger partial charge on any atom is 0.319 e. The topological polar surface area (TPSA) is 82.3 Å². The molecular formula is C18H23ClN4O2S. The number of urea groups is 2. The minimum absolute atomic E-state index is 0.174. The Bertz CT molecular complexity index is 774. The van der Waals surface area contributed by atoms with Crippen LogP contribution < -0.4 is 21.3 Å². The van der Waals surface area contributed by atoms with Gasteiger partial charge in [-0.3, -0.25) is 5.32 Å². The number of benzene rings is 1. The largest absolute Gasteiger partial charge is 0.336 e. The van der Waals surface area contributed by atoms with Crippen LogP contribution in [0.1, 0.15) is 32.1 Å². The molecular weight excluding hydrogens is 372 g/mol. The Kier molecular flexibility index (Phi) is 6.57. The van der Waals surface area contributed by atoms with Crippen LogP contribution in [0, 0.1) is 0 Å². The van der Waals surface area contributed by atoms with Crippen LogP contribution in [-0.2, 0) is 0 Å². The van der Waals surface area contributed by atoms with Crippen LogP contribution in [-0.4, -0.2) is 31.2 Å². The zero-order valence-electron chi connectivity index (χ0n) is 14.4. The predicted octanol–water partition coefficient (Wildman–Crippen LogP) is 4.31. The van der Waals surface area contributed by atoms with Gasteiger partial charge in [-0.25, -0.2) is 9.59 Å². The van der Waals surface area contributed by atoms with E-state index >= 15 is 0 Å². The van der Waals surface area contributed by atoms with Gasteiger partial charge in [-0.2, -0.15) is 0 Å². The number of hydrogen-bond acceptors (Lipinski definition) is 3. The number of anilines is 1. The lowest BCUT2D eigenvalue weighted by Gasteiger charge is -2.22. The number of amides is 4. The van der Waals surface area contributed by atoms with Crippen LogP contribution in [0.5, 0.6) is 0 Å². The van der Waals surface area contributed by atoms with Gasteiger partial charge < -0.3 is 16.0 Å². The van der Waals surface area contributed by atoms with Gasteiger partial charge in [0.25, 0.3) is 0 Å². The van der Waals surface area contributed by atoms with Crippen molar-refractivity contribution in [3.8, 4) is 0 Å². The third-order valence-electron chi connectivity index (χ3n) is 4.40. The predicted molar refractivity (Wildman–Crippen MR) is 107 cm³/mol. The number of carbonyl (C=O) groups is 2. The quantitative estimate of drug-likeness (QED) is 0.570. The molecule has 4 amide bonds. The summed E-state index contributed by atoms with van der Waals surface area (Å²) in [6.45, 7) is 0.707. The van der Waals surface area contributed by atoms with Gasteiger partial charge in [-0.1, -0.05) is 49.1 Å². The van der Waals surface area contributed by atoms with Crippen molar-refractivity contribution in [3.05, 3.63) is 29.3 Å². The third kappa shape index (κ3) is 5.02. The summed E-state index contributed by atoms with van der Waals surface area (Å²) >= 11 is 7.73. The maximum atomic E-state index is 12.0. The van der Waals surface area contributed by atoms with Crippen LogP contribution in [0.15, 0.2) is 24.3 Å². The Morgan fingerprint density at radius 2 is 1.73 bits per heavy atom. The number of halogens is 1. The molecule has 2 aromatic rings. The fourth-order valence-electron chi connectivity index (χ4n) is 3.08. The molecule has 0 atom stereocenters. The van der Waals surface area contributed by atoms with E-state index < -0.39 is 0 Å². The van der Waals surface area contributed by atoms with E-state index in [2.05, 4.69) is 21.3 Å². The molecule has 1 aliphatic rings. The second-order valence-corrected chi connectivity index (χ2v) is 7.79. The van der Waals surface area contributed by atoms with E-state index in [-0.39, 0.29) is 18.1 Å². The summed E-state index contributed by atoms with van der Waals surface area (Å²) in [6.07, 6.45) is 5.69. The van der Waals surface area contributed by atoms with E-state index in [1.165, 1.54) is 30.6 Å². The summed E-state index contributed by atoms with van der Waals surface area (Å²) < 4.78 is 1.02. The lowest BCUT2D eigenvalue weighted by Crippen LogP contribution is -2.45. The van der Waals surface area contributed by atoms with Crippen LogP contribution in [0.2, 0.25) is 5.02 Å². The molecule has 8 heteroatoms. The number of rotatable bonds is 5. The van der Waals surface area contributed by atoms with E-state index in [0.717, 1.165) is 22.9 Å². The fraction of sp³-hybridized carbons (Fsp3) is 0.444. The van der Waals surface area contributed by atoms with Crippen molar-refractivity contribution in [2.75, 3.05) is 18.4 Å². The summed E-state index contributed by atoms with van der Waals surface area (Å²) in [6, 6.07) is 7.49. The molecule has 26 heavy (non-hydrogen) atoms. The first-order chi connectivity index (χ1) is 12.6. The molecule has 4 N–H and O–H groups in total. The summed E-state index contributed by atoms with van der Waals surface area (Å²) in [5, 5.41) is 13.3. The molecule has 0 saturated heterocycles. The maximum absolute atomic E-state index is 12.0. The van der Waals surface area contributed by atoms with Gasteiger partial charge in [0.1, 0.15) is 5.00 Å². The van der Waals surface area contributed by atoms with E-state index in [1.807, 2.05) is 24.3 Å². The van der Waals surface area contributed by atoms with E-state index in [0.29, 0.717) is 23.1 Å². The van der Waals surface area contributed by atoms with Crippen LogP contribution in [0.4, 0.5) is 14.6 Å². The van der Waals surface area contributed by atoms with Crippen molar-refractivity contribution >= 4 is 50.1 Å². The van der Waals surface area contributed by atoms with E-state index in [1.54, 1.807) is 0 Å². The molecule has 0 unspecified atom stereocenters. The van der Waals surface area contributed by atoms with Crippen molar-refractivity contribution in [1.82, 2.24) is 16.0 Å². The van der Waals surface area contributed by atoms with Gasteiger partial charge in [0.15, 0.2) is 0 Å². The summed E-state index contributed by atoms with van der Waals surface area (Å²) in [7, 11) is 0. The average Bonchev–Trinajstić information content (AvgIpc) is 2.96. The van der Waals surface area contributed by atoms with Crippen molar-refractivity contribution in [2.45, 2.75) is 38.1 Å². The summed E-state index contributed by atoms with van der Waals surface area (Å²) in [5.41, 5.74) is 0. The highest BCUT2D eigenvalue weighted by atomic mass is 35.5. The van der Waals surface area contributed by atoms with Crippen molar-refractivity contribution in [2.24, 2.45) is 0 Å². The molecule has 1 aromatic heterocycles. The standard InChI is InChI=1S/C18H23ClN4O2S/c19-15-13-8-4-5-9-14(13)26-16(15)23-18(25)21-11-10-20-17(24)22-12-6-2-1-3-7-12/h4-5,8-9,12H,1-3,6-7,10-11H2,(H2,20,22,24)(H2,21,23,25). The Morgan fingerprint density at radius 3 is 2.46 bits per heavy atom. The van der Waals surface area contributed by atoms with Crippen molar-refractivity contribution in [3.63, 3.8) is 0 Å². The molecule has 1 aliphatic carbocycles. The highest BCUT2D eigenvalue weighted by Gasteiger charge is 2.15. The lowest BCUT2D eigenvalue weighted by atomic mass is 9.96. The first-order valence-electron chi connectivity index (χ1n) is 8.90. The smallest absolute Gasteiger partial charge is 0.319 e. The Labute approximate surface area is 161 Å². The normalized spacial score (nSPS) is 14.8. The lowest BCUT2D eigenvalue weighted by molar-refractivity contribution is 0.232. The Hall–Kier alpha value is -1.99. The number of fused-ring (bicyclic) bond motifs is 1. The van der Waals surface area contributed by atoms with Crippen LogP contribution in [0.3, 0.4) is 0 Å². The summed E-state index contributed by atoms with van der Waals surface area (Å²) in [4.78, 5) is 23.8. The molecule has 1 saturated carbocycles. The fourth-order valence-corrected chi connectivity index (χ4v) is 4.45. The van der Waals surface area contributed by atoms with Crippen molar-refractivity contribution in [1.29, 1.82) is 0 Å². The Morgan fingerprint density at radius 1 is 1.04 bits per heavy atom. The van der Waals surface area contributed by atoms with Gasteiger partial charge in [0.05, 0.1) is 5.02 Å². The minimum atomic E-state index is -0.340. The average molecular weight is 395 g/mol. The highest BCUT2D eigenvalue weighted by Crippen LogP contribution is 2.39. The number of hydrogen-bond donors (Lipinski definition) is 4. The second kappa shape index (κ2) is 9.09. The van der Waals surface area contributed by atoms with E-state index in [9.17, 15) is 9.59 Å². The van der Waals surface area contributed by atoms with Crippen LogP contribution >= 0.6 is 22.9 Å². The third-order valence-corrected chi connectivity index (χ3v) is 5.99. The molecule has 1 aromatic carbocycles. The molecule has 0 bridgehead atoms. The van der Waals surface area contributed by atoms with Crippen molar-refractivity contribution < 1.29 is 9.59 Å². The van der Waals surface area contributed by atoms with Gasteiger partial charge in [-0.05, 0) is 18.9 Å². The number of carbonyl (C=O) groups excluding carboxylic acids is 2. The zero-order valence-corrected chi connectivity index (χ0v) is 16.0. The molecule has 1 fully saturated rings. The van der Waals surface area contributed by atoms with Crippen LogP contribution in [0.25, 0.3) is 10.1 Å². The highest BCUT2D eigenvalue weighted by molar-refractivity contribution is 7.23. The zero-order chi connectivity index (χ0) is 18.4. The Balaban J connectivity index is 1.37. The monoisotopic (exact) mass is 394 g/mol.